The molecule has 1 atom stereocenters. The van der Waals surface area contributed by atoms with E-state index in [1.165, 1.54) is 37.7 Å². The van der Waals surface area contributed by atoms with Crippen LogP contribution in [0.5, 0.6) is 0 Å². The van der Waals surface area contributed by atoms with E-state index in [1.807, 2.05) is 0 Å². The minimum Gasteiger partial charge on any atom is -0.496 e. The van der Waals surface area contributed by atoms with Gasteiger partial charge in [-0.1, -0.05) is 49.6 Å². The van der Waals surface area contributed by atoms with Gasteiger partial charge in [-0.25, -0.2) is 0 Å². The van der Waals surface area contributed by atoms with Crippen LogP contribution in [-0.2, 0) is 10.2 Å². The third kappa shape index (κ3) is 2.30. The van der Waals surface area contributed by atoms with E-state index in [0.717, 1.165) is 18.8 Å². The Morgan fingerprint density at radius 1 is 1.05 bits per heavy atom. The molecule has 1 fully saturated rings. The molecule has 1 aromatic carbocycles. The van der Waals surface area contributed by atoms with Crippen LogP contribution < -0.4 is 5.73 Å². The highest BCUT2D eigenvalue weighted by atomic mass is 16.5. The second kappa shape index (κ2) is 5.38. The van der Waals surface area contributed by atoms with Crippen molar-refractivity contribution in [2.24, 2.45) is 5.73 Å². The lowest BCUT2D eigenvalue weighted by Crippen LogP contribution is -2.48. The van der Waals surface area contributed by atoms with Gasteiger partial charge in [-0.3, -0.25) is 0 Å². The number of hydrogen-bond acceptors (Lipinski definition) is 2. The molecule has 0 radical (unpaired) electrons. The van der Waals surface area contributed by atoms with Crippen LogP contribution in [0.3, 0.4) is 0 Å². The summed E-state index contributed by atoms with van der Waals surface area (Å²) < 4.78 is 5.75. The fraction of sp³-hybridized carbons (Fsp3) is 0.529. The lowest BCUT2D eigenvalue weighted by atomic mass is 9.64. The smallest absolute Gasteiger partial charge is 0.110 e. The largest absolute Gasteiger partial charge is 0.496 e. The van der Waals surface area contributed by atoms with E-state index in [0.29, 0.717) is 0 Å². The van der Waals surface area contributed by atoms with Crippen LogP contribution in [0.2, 0.25) is 0 Å². The summed E-state index contributed by atoms with van der Waals surface area (Å²) in [6, 6.07) is 10.8. The van der Waals surface area contributed by atoms with Crippen molar-refractivity contribution in [2.75, 3.05) is 6.61 Å². The van der Waals surface area contributed by atoms with E-state index in [-0.39, 0.29) is 11.5 Å². The molecule has 0 aromatic heterocycles. The highest BCUT2D eigenvalue weighted by Crippen LogP contribution is 2.44. The zero-order valence-electron chi connectivity index (χ0n) is 11.5. The lowest BCUT2D eigenvalue weighted by molar-refractivity contribution is 0.171. The first-order chi connectivity index (χ1) is 9.33. The van der Waals surface area contributed by atoms with Gasteiger partial charge in [0.05, 0.1) is 12.6 Å². The van der Waals surface area contributed by atoms with E-state index in [1.54, 1.807) is 0 Å². The van der Waals surface area contributed by atoms with Crippen LogP contribution >= 0.6 is 0 Å². The van der Waals surface area contributed by atoms with Gasteiger partial charge >= 0.3 is 0 Å². The SMILES string of the molecule is NC(C1=CCCO1)C1(c2ccccc2)CCCCC1. The number of rotatable bonds is 3. The zero-order chi connectivity index (χ0) is 13.1. The van der Waals surface area contributed by atoms with Gasteiger partial charge in [0.2, 0.25) is 0 Å². The summed E-state index contributed by atoms with van der Waals surface area (Å²) in [6.45, 7) is 0.800. The highest BCUT2D eigenvalue weighted by molar-refractivity contribution is 5.32. The topological polar surface area (TPSA) is 35.2 Å². The zero-order valence-corrected chi connectivity index (χ0v) is 11.5. The third-order valence-electron chi connectivity index (χ3n) is 4.73. The molecule has 0 amide bonds. The van der Waals surface area contributed by atoms with Crippen molar-refractivity contribution < 1.29 is 4.74 Å². The molecular formula is C17H23NO. The van der Waals surface area contributed by atoms with Crippen molar-refractivity contribution in [3.8, 4) is 0 Å². The molecule has 2 aliphatic rings. The maximum atomic E-state index is 6.63. The van der Waals surface area contributed by atoms with Crippen molar-refractivity contribution in [1.29, 1.82) is 0 Å². The average Bonchev–Trinajstić information content (AvgIpc) is 3.02. The van der Waals surface area contributed by atoms with Crippen LogP contribution in [0.1, 0.15) is 44.1 Å². The Kier molecular flexibility index (Phi) is 3.61. The molecule has 1 aromatic rings. The second-order valence-electron chi connectivity index (χ2n) is 5.80. The first kappa shape index (κ1) is 12.7. The van der Waals surface area contributed by atoms with Crippen molar-refractivity contribution in [3.63, 3.8) is 0 Å². The minimum atomic E-state index is 0.0118. The second-order valence-corrected chi connectivity index (χ2v) is 5.80. The molecular weight excluding hydrogens is 234 g/mol. The molecule has 1 aliphatic heterocycles. The monoisotopic (exact) mass is 257 g/mol. The van der Waals surface area contributed by atoms with E-state index in [9.17, 15) is 0 Å². The predicted octanol–water partition coefficient (Wildman–Crippen LogP) is 3.52. The highest BCUT2D eigenvalue weighted by Gasteiger charge is 2.42. The van der Waals surface area contributed by atoms with Gasteiger partial charge in [0.1, 0.15) is 5.76 Å². The summed E-state index contributed by atoms with van der Waals surface area (Å²) in [5, 5.41) is 0. The number of benzene rings is 1. The summed E-state index contributed by atoms with van der Waals surface area (Å²) in [4.78, 5) is 0. The Labute approximate surface area is 115 Å². The third-order valence-corrected chi connectivity index (χ3v) is 4.73. The van der Waals surface area contributed by atoms with Gasteiger partial charge < -0.3 is 10.5 Å². The maximum Gasteiger partial charge on any atom is 0.110 e. The normalized spacial score (nSPS) is 23.5. The van der Waals surface area contributed by atoms with Crippen molar-refractivity contribution in [1.82, 2.24) is 0 Å². The number of nitrogens with two attached hydrogens (primary N) is 1. The first-order valence-electron chi connectivity index (χ1n) is 7.47. The lowest BCUT2D eigenvalue weighted by Gasteiger charge is -2.42. The van der Waals surface area contributed by atoms with Crippen LogP contribution in [0.25, 0.3) is 0 Å². The van der Waals surface area contributed by atoms with Gasteiger partial charge in [-0.05, 0) is 24.5 Å². The Bertz CT molecular complexity index is 446. The molecule has 1 heterocycles. The molecule has 2 heteroatoms. The molecule has 2 nitrogen and oxygen atoms in total. The fourth-order valence-electron chi connectivity index (χ4n) is 3.66. The van der Waals surface area contributed by atoms with Crippen LogP contribution in [0.4, 0.5) is 0 Å². The number of ether oxygens (including phenoxy) is 1. The summed E-state index contributed by atoms with van der Waals surface area (Å²) >= 11 is 0. The molecule has 0 spiro atoms. The molecule has 1 saturated carbocycles. The van der Waals surface area contributed by atoms with Crippen molar-refractivity contribution in [2.45, 2.75) is 50.0 Å². The fourth-order valence-corrected chi connectivity index (χ4v) is 3.66. The predicted molar refractivity (Wildman–Crippen MR) is 77.8 cm³/mol. The Morgan fingerprint density at radius 2 is 1.79 bits per heavy atom. The molecule has 0 saturated heterocycles. The molecule has 2 N–H and O–H groups in total. The van der Waals surface area contributed by atoms with Gasteiger partial charge in [-0.2, -0.15) is 0 Å². The number of hydrogen-bond donors (Lipinski definition) is 1. The van der Waals surface area contributed by atoms with Crippen LogP contribution in [0, 0.1) is 0 Å². The standard InChI is InChI=1S/C17H23NO/c18-16(15-10-7-13-19-15)17(11-5-2-6-12-17)14-8-3-1-4-9-14/h1,3-4,8-10,16H,2,5-7,11-13,18H2. The summed E-state index contributed by atoms with van der Waals surface area (Å²) in [5.41, 5.74) is 8.09. The summed E-state index contributed by atoms with van der Waals surface area (Å²) in [7, 11) is 0. The Balaban J connectivity index is 1.96. The van der Waals surface area contributed by atoms with E-state index < -0.39 is 0 Å². The van der Waals surface area contributed by atoms with Crippen LogP contribution in [0.15, 0.2) is 42.2 Å². The van der Waals surface area contributed by atoms with Gasteiger partial charge in [0, 0.05) is 11.8 Å². The quantitative estimate of drug-likeness (QED) is 0.899. The van der Waals surface area contributed by atoms with Crippen molar-refractivity contribution >= 4 is 0 Å². The Hall–Kier alpha value is -1.28. The summed E-state index contributed by atoms with van der Waals surface area (Å²) in [6.07, 6.45) is 9.43. The van der Waals surface area contributed by atoms with E-state index >= 15 is 0 Å². The summed E-state index contributed by atoms with van der Waals surface area (Å²) in [5.74, 6) is 1.02. The van der Waals surface area contributed by atoms with Gasteiger partial charge in [-0.15, -0.1) is 0 Å². The maximum absolute atomic E-state index is 6.63. The Morgan fingerprint density at radius 3 is 2.42 bits per heavy atom. The average molecular weight is 257 g/mol. The molecule has 0 bridgehead atoms. The van der Waals surface area contributed by atoms with Gasteiger partial charge in [0.15, 0.2) is 0 Å². The van der Waals surface area contributed by atoms with Crippen LogP contribution in [-0.4, -0.2) is 12.6 Å². The van der Waals surface area contributed by atoms with Gasteiger partial charge in [0.25, 0.3) is 0 Å². The first-order valence-corrected chi connectivity index (χ1v) is 7.47. The minimum absolute atomic E-state index is 0.0118. The molecule has 1 aliphatic carbocycles. The van der Waals surface area contributed by atoms with E-state index in [4.69, 9.17) is 10.5 Å². The molecule has 102 valence electrons. The van der Waals surface area contributed by atoms with Crippen molar-refractivity contribution in [3.05, 3.63) is 47.7 Å². The molecule has 3 rings (SSSR count). The van der Waals surface area contributed by atoms with E-state index in [2.05, 4.69) is 36.4 Å². The molecule has 19 heavy (non-hydrogen) atoms. The molecule has 1 unspecified atom stereocenters.